The van der Waals surface area contributed by atoms with Gasteiger partial charge in [0.15, 0.2) is 0 Å². The maximum atomic E-state index is 5.81. The number of ether oxygens (including phenoxy) is 1. The van der Waals surface area contributed by atoms with Crippen LogP contribution in [0.4, 0.5) is 5.95 Å². The van der Waals surface area contributed by atoms with Gasteiger partial charge < -0.3 is 14.6 Å². The minimum atomic E-state index is -0.0161. The molecule has 2 fully saturated rings. The Hall–Kier alpha value is -1.03. The van der Waals surface area contributed by atoms with Gasteiger partial charge in [0.05, 0.1) is 5.60 Å². The number of imidazole rings is 1. The van der Waals surface area contributed by atoms with E-state index < -0.39 is 0 Å². The topological polar surface area (TPSA) is 39.1 Å². The molecule has 106 valence electrons. The van der Waals surface area contributed by atoms with Crippen LogP contribution in [0.5, 0.6) is 0 Å². The zero-order valence-corrected chi connectivity index (χ0v) is 12.1. The van der Waals surface area contributed by atoms with Gasteiger partial charge in [-0.25, -0.2) is 4.98 Å². The lowest BCUT2D eigenvalue weighted by Gasteiger charge is -2.36. The van der Waals surface area contributed by atoms with Crippen LogP contribution in [0, 0.1) is 0 Å². The summed E-state index contributed by atoms with van der Waals surface area (Å²) in [5, 5.41) is 3.63. The number of hydrogen-bond donors (Lipinski definition) is 1. The molecule has 1 aromatic rings. The molecular formula is C15H25N3O. The summed E-state index contributed by atoms with van der Waals surface area (Å²) in [6.07, 6.45) is 11.4. The van der Waals surface area contributed by atoms with E-state index in [0.29, 0.717) is 12.1 Å². The second-order valence-corrected chi connectivity index (χ2v) is 6.54. The second-order valence-electron chi connectivity index (χ2n) is 6.54. The molecule has 19 heavy (non-hydrogen) atoms. The van der Waals surface area contributed by atoms with E-state index in [0.717, 1.165) is 25.4 Å². The van der Waals surface area contributed by atoms with Crippen LogP contribution in [-0.4, -0.2) is 27.8 Å². The van der Waals surface area contributed by atoms with Gasteiger partial charge in [-0.3, -0.25) is 0 Å². The van der Waals surface area contributed by atoms with Crippen LogP contribution in [0.25, 0.3) is 0 Å². The van der Waals surface area contributed by atoms with Gasteiger partial charge in [-0.2, -0.15) is 0 Å². The molecule has 0 radical (unpaired) electrons. The molecule has 1 unspecified atom stereocenters. The van der Waals surface area contributed by atoms with Crippen molar-refractivity contribution in [2.45, 2.75) is 70.1 Å². The molecule has 0 spiro atoms. The molecule has 1 saturated carbocycles. The third-order valence-corrected chi connectivity index (χ3v) is 4.42. The number of nitrogens with one attached hydrogen (secondary N) is 1. The normalized spacial score (nSPS) is 27.6. The van der Waals surface area contributed by atoms with Crippen LogP contribution in [0.3, 0.4) is 0 Å². The highest BCUT2D eigenvalue weighted by atomic mass is 16.5. The summed E-state index contributed by atoms with van der Waals surface area (Å²) in [7, 11) is 0. The molecular weight excluding hydrogens is 238 g/mol. The van der Waals surface area contributed by atoms with Crippen molar-refractivity contribution < 1.29 is 4.74 Å². The fraction of sp³-hybridized carbons (Fsp3) is 0.800. The lowest BCUT2D eigenvalue weighted by atomic mass is 9.94. The summed E-state index contributed by atoms with van der Waals surface area (Å²) in [5.74, 6) is 1.05. The SMILES string of the molecule is CC1(C)CC(n2ccnc2NC2CCCC2)CCO1. The summed E-state index contributed by atoms with van der Waals surface area (Å²) >= 11 is 0. The molecule has 1 aliphatic carbocycles. The van der Waals surface area contributed by atoms with Crippen LogP contribution in [-0.2, 0) is 4.74 Å². The molecule has 4 heteroatoms. The van der Waals surface area contributed by atoms with Crippen LogP contribution < -0.4 is 5.32 Å². The Morgan fingerprint density at radius 2 is 2.11 bits per heavy atom. The van der Waals surface area contributed by atoms with E-state index in [9.17, 15) is 0 Å². The summed E-state index contributed by atoms with van der Waals surface area (Å²) < 4.78 is 8.13. The molecule has 0 amide bonds. The average Bonchev–Trinajstić information content (AvgIpc) is 2.99. The Morgan fingerprint density at radius 1 is 1.32 bits per heavy atom. The molecule has 0 bridgehead atoms. The molecule has 2 aliphatic rings. The zero-order valence-electron chi connectivity index (χ0n) is 12.1. The lowest BCUT2D eigenvalue weighted by Crippen LogP contribution is -2.35. The number of rotatable bonds is 3. The van der Waals surface area contributed by atoms with E-state index in [1.807, 2.05) is 6.20 Å². The molecule has 1 N–H and O–H groups in total. The smallest absolute Gasteiger partial charge is 0.203 e. The van der Waals surface area contributed by atoms with E-state index in [1.54, 1.807) is 0 Å². The lowest BCUT2D eigenvalue weighted by molar-refractivity contribution is -0.0688. The first kappa shape index (κ1) is 13.0. The molecule has 1 atom stereocenters. The summed E-state index contributed by atoms with van der Waals surface area (Å²) in [6.45, 7) is 5.21. The van der Waals surface area contributed by atoms with Gasteiger partial charge >= 0.3 is 0 Å². The van der Waals surface area contributed by atoms with Crippen molar-refractivity contribution in [1.29, 1.82) is 0 Å². The van der Waals surface area contributed by atoms with Gasteiger partial charge in [0.25, 0.3) is 0 Å². The Labute approximate surface area is 115 Å². The van der Waals surface area contributed by atoms with Gasteiger partial charge in [-0.1, -0.05) is 12.8 Å². The number of aromatic nitrogens is 2. The Balaban J connectivity index is 1.72. The van der Waals surface area contributed by atoms with Gasteiger partial charge in [0, 0.05) is 31.1 Å². The van der Waals surface area contributed by atoms with E-state index in [4.69, 9.17) is 4.74 Å². The van der Waals surface area contributed by atoms with Crippen LogP contribution in [0.1, 0.15) is 58.4 Å². The summed E-state index contributed by atoms with van der Waals surface area (Å²) in [5.41, 5.74) is -0.0161. The average molecular weight is 263 g/mol. The predicted molar refractivity (Wildman–Crippen MR) is 76.4 cm³/mol. The molecule has 1 saturated heterocycles. The zero-order chi connectivity index (χ0) is 13.3. The highest BCUT2D eigenvalue weighted by molar-refractivity contribution is 5.29. The standard InChI is InChI=1S/C15H25N3O/c1-15(2)11-13(7-10-19-15)18-9-8-16-14(18)17-12-5-3-4-6-12/h8-9,12-13H,3-7,10-11H2,1-2H3,(H,16,17). The Bertz CT molecular complexity index is 421. The minimum absolute atomic E-state index is 0.0161. The van der Waals surface area contributed by atoms with Gasteiger partial charge in [-0.05, 0) is 39.5 Å². The van der Waals surface area contributed by atoms with Gasteiger partial charge in [-0.15, -0.1) is 0 Å². The van der Waals surface area contributed by atoms with E-state index >= 15 is 0 Å². The fourth-order valence-corrected chi connectivity index (χ4v) is 3.41. The Kier molecular flexibility index (Phi) is 3.52. The fourth-order valence-electron chi connectivity index (χ4n) is 3.41. The van der Waals surface area contributed by atoms with Crippen molar-refractivity contribution in [2.75, 3.05) is 11.9 Å². The molecule has 3 rings (SSSR count). The molecule has 4 nitrogen and oxygen atoms in total. The van der Waals surface area contributed by atoms with Crippen molar-refractivity contribution in [1.82, 2.24) is 9.55 Å². The van der Waals surface area contributed by atoms with Crippen molar-refractivity contribution in [3.05, 3.63) is 12.4 Å². The predicted octanol–water partition coefficient (Wildman–Crippen LogP) is 3.37. The van der Waals surface area contributed by atoms with Crippen molar-refractivity contribution in [3.63, 3.8) is 0 Å². The second kappa shape index (κ2) is 5.16. The van der Waals surface area contributed by atoms with Crippen molar-refractivity contribution in [3.8, 4) is 0 Å². The van der Waals surface area contributed by atoms with Gasteiger partial charge in [0.1, 0.15) is 0 Å². The molecule has 1 aliphatic heterocycles. The largest absolute Gasteiger partial charge is 0.375 e. The maximum absolute atomic E-state index is 5.81. The number of hydrogen-bond acceptors (Lipinski definition) is 3. The summed E-state index contributed by atoms with van der Waals surface area (Å²) in [6, 6.07) is 1.13. The molecule has 2 heterocycles. The monoisotopic (exact) mass is 263 g/mol. The maximum Gasteiger partial charge on any atom is 0.203 e. The van der Waals surface area contributed by atoms with Crippen molar-refractivity contribution >= 4 is 5.95 Å². The third kappa shape index (κ3) is 2.94. The van der Waals surface area contributed by atoms with Crippen molar-refractivity contribution in [2.24, 2.45) is 0 Å². The number of anilines is 1. The van der Waals surface area contributed by atoms with Gasteiger partial charge in [0.2, 0.25) is 5.95 Å². The van der Waals surface area contributed by atoms with E-state index in [1.165, 1.54) is 25.7 Å². The first-order valence-corrected chi connectivity index (χ1v) is 7.57. The van der Waals surface area contributed by atoms with Crippen LogP contribution >= 0.6 is 0 Å². The third-order valence-electron chi connectivity index (χ3n) is 4.42. The van der Waals surface area contributed by atoms with Crippen LogP contribution in [0.2, 0.25) is 0 Å². The number of nitrogens with zero attached hydrogens (tertiary/aromatic N) is 2. The summed E-state index contributed by atoms with van der Waals surface area (Å²) in [4.78, 5) is 4.51. The van der Waals surface area contributed by atoms with E-state index in [-0.39, 0.29) is 5.60 Å². The molecule has 0 aromatic carbocycles. The highest BCUT2D eigenvalue weighted by Crippen LogP contribution is 2.34. The Morgan fingerprint density at radius 3 is 2.84 bits per heavy atom. The minimum Gasteiger partial charge on any atom is -0.375 e. The quantitative estimate of drug-likeness (QED) is 0.908. The van der Waals surface area contributed by atoms with Crippen LogP contribution in [0.15, 0.2) is 12.4 Å². The first-order valence-electron chi connectivity index (χ1n) is 7.57. The van der Waals surface area contributed by atoms with E-state index in [2.05, 4.69) is 34.9 Å². The highest BCUT2D eigenvalue weighted by Gasteiger charge is 2.31. The first-order chi connectivity index (χ1) is 9.14. The molecule has 1 aromatic heterocycles.